The van der Waals surface area contributed by atoms with Gasteiger partial charge in [-0.3, -0.25) is 0 Å². The highest BCUT2D eigenvalue weighted by molar-refractivity contribution is 5.98. The van der Waals surface area contributed by atoms with Gasteiger partial charge in [0.2, 0.25) is 5.75 Å². The summed E-state index contributed by atoms with van der Waals surface area (Å²) in [7, 11) is 4.24. The number of rotatable bonds is 7. The minimum absolute atomic E-state index is 0.0522. The highest BCUT2D eigenvalue weighted by atomic mass is 16.6. The Bertz CT molecular complexity index is 578. The molecule has 1 rings (SSSR count). The molecule has 0 aliphatic rings. The molecule has 0 aliphatic heterocycles. The molecule has 7 heteroatoms. The lowest BCUT2D eigenvalue weighted by Crippen LogP contribution is -2.11. The van der Waals surface area contributed by atoms with Crippen molar-refractivity contribution in [2.75, 3.05) is 34.5 Å². The summed E-state index contributed by atoms with van der Waals surface area (Å²) in [6.45, 7) is 0.294. The fourth-order valence-corrected chi connectivity index (χ4v) is 1.60. The van der Waals surface area contributed by atoms with Gasteiger partial charge in [0.15, 0.2) is 11.5 Å². The first kappa shape index (κ1) is 17.3. The maximum absolute atomic E-state index is 11.7. The molecule has 0 radical (unpaired) electrons. The van der Waals surface area contributed by atoms with Gasteiger partial charge >= 0.3 is 5.97 Å². The van der Waals surface area contributed by atoms with E-state index >= 15 is 0 Å². The van der Waals surface area contributed by atoms with Crippen molar-refractivity contribution in [1.29, 1.82) is 5.26 Å². The first-order valence-corrected chi connectivity index (χ1v) is 6.30. The van der Waals surface area contributed by atoms with Crippen molar-refractivity contribution < 1.29 is 28.8 Å². The van der Waals surface area contributed by atoms with Crippen molar-refractivity contribution in [2.24, 2.45) is 0 Å². The number of benzene rings is 1. The third-order valence-electron chi connectivity index (χ3n) is 2.67. The number of nitrogens with zero attached hydrogens (tertiary/aromatic N) is 1. The number of carbonyl (C=O) groups is 1. The van der Waals surface area contributed by atoms with Crippen LogP contribution in [-0.4, -0.2) is 45.6 Å². The van der Waals surface area contributed by atoms with Crippen LogP contribution in [0.25, 0.3) is 6.08 Å². The highest BCUT2D eigenvalue weighted by Gasteiger charge is 2.14. The lowest BCUT2D eigenvalue weighted by Gasteiger charge is -2.09. The van der Waals surface area contributed by atoms with E-state index in [1.807, 2.05) is 0 Å². The summed E-state index contributed by atoms with van der Waals surface area (Å²) in [5, 5.41) is 18.9. The van der Waals surface area contributed by atoms with Gasteiger partial charge in [0, 0.05) is 7.11 Å². The van der Waals surface area contributed by atoms with E-state index in [4.69, 9.17) is 24.2 Å². The number of phenolic OH excluding ortho intramolecular Hbond substituents is 1. The Morgan fingerprint density at radius 3 is 2.27 bits per heavy atom. The SMILES string of the molecule is COCCOC(=O)/C(C#N)=C/c1cc(OC)c(O)c(OC)c1. The first-order valence-electron chi connectivity index (χ1n) is 6.30. The average Bonchev–Trinajstić information content (AvgIpc) is 2.53. The molecule has 1 N–H and O–H groups in total. The summed E-state index contributed by atoms with van der Waals surface area (Å²) in [6, 6.07) is 4.71. The molecule has 0 saturated carbocycles. The van der Waals surface area contributed by atoms with Crippen LogP contribution in [0.5, 0.6) is 17.2 Å². The molecular weight excluding hydrogens is 290 g/mol. The number of methoxy groups -OCH3 is 3. The highest BCUT2D eigenvalue weighted by Crippen LogP contribution is 2.37. The fraction of sp³-hybridized carbons (Fsp3) is 0.333. The summed E-state index contributed by atoms with van der Waals surface area (Å²) in [4.78, 5) is 11.7. The van der Waals surface area contributed by atoms with Crippen molar-refractivity contribution in [3.05, 3.63) is 23.3 Å². The van der Waals surface area contributed by atoms with E-state index in [-0.39, 0.29) is 36.0 Å². The van der Waals surface area contributed by atoms with Gasteiger partial charge in [0.05, 0.1) is 20.8 Å². The van der Waals surface area contributed by atoms with Gasteiger partial charge in [-0.2, -0.15) is 5.26 Å². The van der Waals surface area contributed by atoms with E-state index in [2.05, 4.69) is 0 Å². The number of esters is 1. The van der Waals surface area contributed by atoms with Crippen molar-refractivity contribution >= 4 is 12.0 Å². The second-order valence-electron chi connectivity index (χ2n) is 4.07. The van der Waals surface area contributed by atoms with Crippen LogP contribution in [0.3, 0.4) is 0 Å². The minimum atomic E-state index is -0.759. The molecule has 118 valence electrons. The number of nitriles is 1. The van der Waals surface area contributed by atoms with Gasteiger partial charge < -0.3 is 24.1 Å². The normalized spacial score (nSPS) is 10.7. The van der Waals surface area contributed by atoms with Gasteiger partial charge in [-0.05, 0) is 23.8 Å². The predicted octanol–water partition coefficient (Wildman–Crippen LogP) is 1.51. The number of phenols is 1. The van der Waals surface area contributed by atoms with Crippen LogP contribution in [0.15, 0.2) is 17.7 Å². The Morgan fingerprint density at radius 2 is 1.82 bits per heavy atom. The molecule has 0 atom stereocenters. The smallest absolute Gasteiger partial charge is 0.348 e. The van der Waals surface area contributed by atoms with E-state index in [1.54, 1.807) is 6.07 Å². The Kier molecular flexibility index (Phi) is 6.73. The van der Waals surface area contributed by atoms with Gasteiger partial charge in [0.1, 0.15) is 18.2 Å². The van der Waals surface area contributed by atoms with Gasteiger partial charge in [-0.25, -0.2) is 4.79 Å². The molecule has 0 saturated heterocycles. The zero-order valence-corrected chi connectivity index (χ0v) is 12.6. The number of hydrogen-bond donors (Lipinski definition) is 1. The largest absolute Gasteiger partial charge is 0.502 e. The van der Waals surface area contributed by atoms with Crippen LogP contribution in [0, 0.1) is 11.3 Å². The molecule has 0 heterocycles. The maximum atomic E-state index is 11.7. The molecule has 7 nitrogen and oxygen atoms in total. The molecule has 1 aromatic carbocycles. The van der Waals surface area contributed by atoms with Crippen LogP contribution in [-0.2, 0) is 14.3 Å². The quantitative estimate of drug-likeness (QED) is 0.353. The molecule has 22 heavy (non-hydrogen) atoms. The zero-order valence-electron chi connectivity index (χ0n) is 12.6. The van der Waals surface area contributed by atoms with E-state index in [1.165, 1.54) is 39.5 Å². The number of ether oxygens (including phenoxy) is 4. The van der Waals surface area contributed by atoms with Crippen LogP contribution in [0.2, 0.25) is 0 Å². The van der Waals surface area contributed by atoms with E-state index in [0.717, 1.165) is 0 Å². The van der Waals surface area contributed by atoms with Gasteiger partial charge in [0.25, 0.3) is 0 Å². The average molecular weight is 307 g/mol. The summed E-state index contributed by atoms with van der Waals surface area (Å²) in [5.74, 6) is -0.597. The predicted molar refractivity (Wildman–Crippen MR) is 77.6 cm³/mol. The molecule has 0 aliphatic carbocycles. The summed E-state index contributed by atoms with van der Waals surface area (Å²) >= 11 is 0. The summed E-state index contributed by atoms with van der Waals surface area (Å²) < 4.78 is 19.7. The Hall–Kier alpha value is -2.72. The molecule has 0 amide bonds. The molecule has 0 spiro atoms. The monoisotopic (exact) mass is 307 g/mol. The molecule has 0 unspecified atom stereocenters. The van der Waals surface area contributed by atoms with Crippen LogP contribution < -0.4 is 9.47 Å². The maximum Gasteiger partial charge on any atom is 0.348 e. The standard InChI is InChI=1S/C15H17NO6/c1-19-4-5-22-15(18)11(9-16)6-10-7-12(20-2)14(17)13(8-10)21-3/h6-8,17H,4-5H2,1-3H3/b11-6+. The Morgan fingerprint density at radius 1 is 1.23 bits per heavy atom. The first-order chi connectivity index (χ1) is 10.6. The molecule has 1 aromatic rings. The van der Waals surface area contributed by atoms with Crippen molar-refractivity contribution in [1.82, 2.24) is 0 Å². The second-order valence-corrected chi connectivity index (χ2v) is 4.07. The van der Waals surface area contributed by atoms with Gasteiger partial charge in [-0.1, -0.05) is 0 Å². The number of carbonyl (C=O) groups excluding carboxylic acids is 1. The lowest BCUT2D eigenvalue weighted by atomic mass is 10.1. The zero-order chi connectivity index (χ0) is 16.5. The van der Waals surface area contributed by atoms with Crippen LogP contribution >= 0.6 is 0 Å². The molecule has 0 bridgehead atoms. The van der Waals surface area contributed by atoms with E-state index in [0.29, 0.717) is 5.56 Å². The second kappa shape index (κ2) is 8.54. The van der Waals surface area contributed by atoms with Crippen molar-refractivity contribution in [3.63, 3.8) is 0 Å². The van der Waals surface area contributed by atoms with E-state index < -0.39 is 5.97 Å². The van der Waals surface area contributed by atoms with Gasteiger partial charge in [-0.15, -0.1) is 0 Å². The minimum Gasteiger partial charge on any atom is -0.502 e. The van der Waals surface area contributed by atoms with Crippen LogP contribution in [0.4, 0.5) is 0 Å². The Labute approximate surface area is 128 Å². The topological polar surface area (TPSA) is 98.0 Å². The fourth-order valence-electron chi connectivity index (χ4n) is 1.60. The number of aromatic hydroxyl groups is 1. The van der Waals surface area contributed by atoms with E-state index in [9.17, 15) is 9.90 Å². The Balaban J connectivity index is 3.07. The lowest BCUT2D eigenvalue weighted by molar-refractivity contribution is -0.139. The van der Waals surface area contributed by atoms with Crippen molar-refractivity contribution in [2.45, 2.75) is 0 Å². The molecule has 0 aromatic heterocycles. The molecule has 0 fully saturated rings. The summed E-state index contributed by atoms with van der Waals surface area (Å²) in [6.07, 6.45) is 1.32. The third kappa shape index (κ3) is 4.40. The number of hydrogen-bond acceptors (Lipinski definition) is 7. The van der Waals surface area contributed by atoms with Crippen molar-refractivity contribution in [3.8, 4) is 23.3 Å². The summed E-state index contributed by atoms with van der Waals surface area (Å²) in [5.41, 5.74) is 0.262. The van der Waals surface area contributed by atoms with Crippen LogP contribution in [0.1, 0.15) is 5.56 Å². The molecular formula is C15H17NO6. The third-order valence-corrected chi connectivity index (χ3v) is 2.67.